The molecule has 3 rings (SSSR count). The van der Waals surface area contributed by atoms with Crippen LogP contribution >= 0.6 is 11.8 Å². The second kappa shape index (κ2) is 5.54. The number of hydrogen-bond donors (Lipinski definition) is 1. The van der Waals surface area contributed by atoms with Gasteiger partial charge < -0.3 is 10.5 Å². The van der Waals surface area contributed by atoms with E-state index in [1.54, 1.807) is 0 Å². The minimum Gasteiger partial charge on any atom is -0.493 e. The van der Waals surface area contributed by atoms with E-state index in [1.165, 1.54) is 36.1 Å². The van der Waals surface area contributed by atoms with E-state index < -0.39 is 0 Å². The van der Waals surface area contributed by atoms with Gasteiger partial charge in [-0.1, -0.05) is 24.6 Å². The number of nitrogens with two attached hydrogens (primary N) is 1. The quantitative estimate of drug-likeness (QED) is 0.889. The van der Waals surface area contributed by atoms with E-state index in [4.69, 9.17) is 10.5 Å². The summed E-state index contributed by atoms with van der Waals surface area (Å²) in [5.74, 6) is 2.34. The lowest BCUT2D eigenvalue weighted by Crippen LogP contribution is -2.27. The van der Waals surface area contributed by atoms with Crippen molar-refractivity contribution >= 4 is 11.8 Å². The van der Waals surface area contributed by atoms with Crippen molar-refractivity contribution in [2.45, 2.75) is 43.4 Å². The van der Waals surface area contributed by atoms with E-state index in [0.717, 1.165) is 25.2 Å². The maximum Gasteiger partial charge on any atom is 0.127 e. The first kappa shape index (κ1) is 12.4. The van der Waals surface area contributed by atoms with E-state index >= 15 is 0 Å². The molecule has 1 saturated heterocycles. The molecule has 2 unspecified atom stereocenters. The van der Waals surface area contributed by atoms with Crippen molar-refractivity contribution in [1.82, 2.24) is 0 Å². The summed E-state index contributed by atoms with van der Waals surface area (Å²) in [7, 11) is 0. The molecule has 1 fully saturated rings. The standard InChI is InChI=1S/C15H21NOS/c16-14(13-8-1-2-10-18-13)12-7-3-5-11-6-4-9-17-15(11)12/h3,5,7,13-14H,1-2,4,6,8-10,16H2. The van der Waals surface area contributed by atoms with Crippen molar-refractivity contribution in [3.05, 3.63) is 29.3 Å². The van der Waals surface area contributed by atoms with Crippen LogP contribution in [-0.2, 0) is 6.42 Å². The van der Waals surface area contributed by atoms with Gasteiger partial charge in [-0.25, -0.2) is 0 Å². The first-order chi connectivity index (χ1) is 8.86. The highest BCUT2D eigenvalue weighted by Crippen LogP contribution is 2.39. The lowest BCUT2D eigenvalue weighted by atomic mass is 9.95. The molecule has 2 nitrogen and oxygen atoms in total. The Morgan fingerprint density at radius 2 is 2.22 bits per heavy atom. The number of ether oxygens (including phenoxy) is 1. The largest absolute Gasteiger partial charge is 0.493 e. The molecule has 0 aliphatic carbocycles. The Hall–Kier alpha value is -0.670. The van der Waals surface area contributed by atoms with Gasteiger partial charge in [-0.3, -0.25) is 0 Å². The first-order valence-corrected chi connectivity index (χ1v) is 8.03. The molecule has 18 heavy (non-hydrogen) atoms. The van der Waals surface area contributed by atoms with Crippen LogP contribution in [0.4, 0.5) is 0 Å². The molecule has 0 aromatic heterocycles. The van der Waals surface area contributed by atoms with Gasteiger partial charge in [0.2, 0.25) is 0 Å². The number of fused-ring (bicyclic) bond motifs is 1. The molecule has 0 radical (unpaired) electrons. The van der Waals surface area contributed by atoms with Crippen LogP contribution in [0, 0.1) is 0 Å². The zero-order valence-electron chi connectivity index (χ0n) is 10.7. The molecule has 0 amide bonds. The Morgan fingerprint density at radius 1 is 1.28 bits per heavy atom. The highest BCUT2D eigenvalue weighted by atomic mass is 32.2. The molecule has 2 heterocycles. The summed E-state index contributed by atoms with van der Waals surface area (Å²) in [5.41, 5.74) is 9.06. The zero-order chi connectivity index (χ0) is 12.4. The third-order valence-electron chi connectivity index (χ3n) is 3.94. The molecule has 2 aliphatic heterocycles. The van der Waals surface area contributed by atoms with Crippen molar-refractivity contribution in [3.63, 3.8) is 0 Å². The Kier molecular flexibility index (Phi) is 3.80. The summed E-state index contributed by atoms with van der Waals surface area (Å²) in [5, 5.41) is 0.566. The number of rotatable bonds is 2. The SMILES string of the molecule is NC(c1cccc2c1OCCC2)C1CCCCS1. The second-order valence-corrected chi connectivity index (χ2v) is 6.57. The number of benzene rings is 1. The summed E-state index contributed by atoms with van der Waals surface area (Å²) in [6.07, 6.45) is 6.17. The molecular weight excluding hydrogens is 242 g/mol. The Labute approximate surface area is 113 Å². The van der Waals surface area contributed by atoms with Gasteiger partial charge >= 0.3 is 0 Å². The van der Waals surface area contributed by atoms with E-state index in [1.807, 2.05) is 11.8 Å². The molecule has 3 heteroatoms. The minimum absolute atomic E-state index is 0.128. The van der Waals surface area contributed by atoms with Gasteiger partial charge in [0.15, 0.2) is 0 Å². The topological polar surface area (TPSA) is 35.2 Å². The van der Waals surface area contributed by atoms with Crippen LogP contribution in [0.5, 0.6) is 5.75 Å². The van der Waals surface area contributed by atoms with Crippen molar-refractivity contribution in [1.29, 1.82) is 0 Å². The van der Waals surface area contributed by atoms with Crippen LogP contribution in [0.3, 0.4) is 0 Å². The number of aryl methyl sites for hydroxylation is 1. The lowest BCUT2D eigenvalue weighted by molar-refractivity contribution is 0.283. The minimum atomic E-state index is 0.128. The molecule has 98 valence electrons. The third-order valence-corrected chi connectivity index (χ3v) is 5.42. The smallest absolute Gasteiger partial charge is 0.127 e. The molecule has 0 spiro atoms. The predicted molar refractivity (Wildman–Crippen MR) is 77.3 cm³/mol. The molecule has 0 saturated carbocycles. The van der Waals surface area contributed by atoms with Crippen LogP contribution < -0.4 is 10.5 Å². The first-order valence-electron chi connectivity index (χ1n) is 6.98. The molecule has 2 N–H and O–H groups in total. The van der Waals surface area contributed by atoms with Crippen molar-refractivity contribution in [3.8, 4) is 5.75 Å². The summed E-state index contributed by atoms with van der Waals surface area (Å²) in [4.78, 5) is 0. The van der Waals surface area contributed by atoms with Gasteiger partial charge in [0.25, 0.3) is 0 Å². The number of hydrogen-bond acceptors (Lipinski definition) is 3. The normalized spacial score (nSPS) is 25.1. The van der Waals surface area contributed by atoms with Crippen LogP contribution in [0.1, 0.15) is 42.9 Å². The Morgan fingerprint density at radius 3 is 3.06 bits per heavy atom. The fraction of sp³-hybridized carbons (Fsp3) is 0.600. The predicted octanol–water partition coefficient (Wildman–Crippen LogP) is 3.30. The molecule has 2 aliphatic rings. The summed E-state index contributed by atoms with van der Waals surface area (Å²) < 4.78 is 5.88. The van der Waals surface area contributed by atoms with Gasteiger partial charge in [-0.15, -0.1) is 0 Å². The molecule has 0 bridgehead atoms. The van der Waals surface area contributed by atoms with Gasteiger partial charge in [-0.2, -0.15) is 11.8 Å². The van der Waals surface area contributed by atoms with Crippen molar-refractivity contribution in [2.75, 3.05) is 12.4 Å². The van der Waals surface area contributed by atoms with Crippen LogP contribution in [0.15, 0.2) is 18.2 Å². The zero-order valence-corrected chi connectivity index (χ0v) is 11.5. The van der Waals surface area contributed by atoms with Gasteiger partial charge in [-0.05, 0) is 37.0 Å². The monoisotopic (exact) mass is 263 g/mol. The van der Waals surface area contributed by atoms with Crippen molar-refractivity contribution in [2.24, 2.45) is 5.73 Å². The summed E-state index contributed by atoms with van der Waals surface area (Å²) in [6, 6.07) is 6.60. The fourth-order valence-electron chi connectivity index (χ4n) is 2.93. The van der Waals surface area contributed by atoms with Gasteiger partial charge in [0.05, 0.1) is 6.61 Å². The average molecular weight is 263 g/mol. The third kappa shape index (κ3) is 2.39. The molecular formula is C15H21NOS. The maximum atomic E-state index is 6.49. The number of thioether (sulfide) groups is 1. The molecule has 2 atom stereocenters. The van der Waals surface area contributed by atoms with E-state index in [2.05, 4.69) is 18.2 Å². The highest BCUT2D eigenvalue weighted by molar-refractivity contribution is 8.00. The highest BCUT2D eigenvalue weighted by Gasteiger charge is 2.26. The van der Waals surface area contributed by atoms with Gasteiger partial charge in [0.1, 0.15) is 5.75 Å². The van der Waals surface area contributed by atoms with E-state index in [-0.39, 0.29) is 6.04 Å². The van der Waals surface area contributed by atoms with Crippen molar-refractivity contribution < 1.29 is 4.74 Å². The van der Waals surface area contributed by atoms with Gasteiger partial charge in [0, 0.05) is 16.9 Å². The number of para-hydroxylation sites is 1. The summed E-state index contributed by atoms with van der Waals surface area (Å²) in [6.45, 7) is 0.842. The summed E-state index contributed by atoms with van der Waals surface area (Å²) >= 11 is 2.04. The Balaban J connectivity index is 1.86. The molecule has 1 aromatic rings. The fourth-order valence-corrected chi connectivity index (χ4v) is 4.29. The maximum absolute atomic E-state index is 6.49. The van der Waals surface area contributed by atoms with Crippen LogP contribution in [0.2, 0.25) is 0 Å². The van der Waals surface area contributed by atoms with E-state index in [9.17, 15) is 0 Å². The van der Waals surface area contributed by atoms with Crippen LogP contribution in [0.25, 0.3) is 0 Å². The average Bonchev–Trinajstić information content (AvgIpc) is 2.47. The molecule has 1 aromatic carbocycles. The van der Waals surface area contributed by atoms with Crippen LogP contribution in [-0.4, -0.2) is 17.6 Å². The Bertz CT molecular complexity index is 415. The second-order valence-electron chi connectivity index (χ2n) is 5.22. The van der Waals surface area contributed by atoms with E-state index in [0.29, 0.717) is 5.25 Å². The lowest BCUT2D eigenvalue weighted by Gasteiger charge is -2.30.